The van der Waals surface area contributed by atoms with E-state index in [0.717, 1.165) is 0 Å². The Morgan fingerprint density at radius 2 is 2.50 bits per heavy atom. The van der Waals surface area contributed by atoms with Gasteiger partial charge in [0.2, 0.25) is 5.91 Å². The third kappa shape index (κ3) is 1.75. The second kappa shape index (κ2) is 3.25. The molecular formula is C7H10N2O3. The van der Waals surface area contributed by atoms with Crippen LogP contribution in [0.1, 0.15) is 0 Å². The predicted octanol–water partition coefficient (Wildman–Crippen LogP) is -1.16. The maximum absolute atomic E-state index is 11.0. The molecule has 0 saturated carbocycles. The number of nitrogens with two attached hydrogens (primary N) is 1. The van der Waals surface area contributed by atoms with Gasteiger partial charge in [0, 0.05) is 6.08 Å². The summed E-state index contributed by atoms with van der Waals surface area (Å²) in [4.78, 5) is 22.8. The van der Waals surface area contributed by atoms with Crippen LogP contribution >= 0.6 is 0 Å². The number of nitrogens with zero attached hydrogens (tertiary/aromatic N) is 1. The molecule has 0 radical (unpaired) electrons. The summed E-state index contributed by atoms with van der Waals surface area (Å²) >= 11 is 0. The lowest BCUT2D eigenvalue weighted by Crippen LogP contribution is -2.35. The first-order valence-electron chi connectivity index (χ1n) is 3.45. The number of hydrogen-bond acceptors (Lipinski definition) is 3. The van der Waals surface area contributed by atoms with E-state index in [1.807, 2.05) is 0 Å². The minimum Gasteiger partial charge on any atom is -0.499 e. The first-order chi connectivity index (χ1) is 5.63. The predicted molar refractivity (Wildman–Crippen MR) is 40.9 cm³/mol. The zero-order chi connectivity index (χ0) is 9.14. The van der Waals surface area contributed by atoms with Crippen LogP contribution in [0.15, 0.2) is 11.8 Å². The van der Waals surface area contributed by atoms with Gasteiger partial charge in [-0.1, -0.05) is 0 Å². The van der Waals surface area contributed by atoms with Crippen molar-refractivity contribution in [3.05, 3.63) is 11.8 Å². The summed E-state index contributed by atoms with van der Waals surface area (Å²) in [6, 6.07) is 0. The maximum atomic E-state index is 11.0. The molecule has 1 aliphatic rings. The van der Waals surface area contributed by atoms with Crippen LogP contribution in [0.25, 0.3) is 0 Å². The van der Waals surface area contributed by atoms with Gasteiger partial charge in [-0.2, -0.15) is 0 Å². The standard InChI is InChI=1S/C7H10N2O3/c1-12-5-2-7(11)9(3-5)4-6(8)10/h2H,3-4H2,1H3,(H2,8,10). The van der Waals surface area contributed by atoms with Crippen molar-refractivity contribution in [2.75, 3.05) is 20.2 Å². The molecule has 0 aromatic heterocycles. The molecule has 0 saturated heterocycles. The number of amides is 2. The number of ether oxygens (including phenoxy) is 1. The molecule has 1 heterocycles. The number of carbonyl (C=O) groups excluding carboxylic acids is 2. The Bertz CT molecular complexity index is 247. The van der Waals surface area contributed by atoms with E-state index in [1.54, 1.807) is 0 Å². The third-order valence-corrected chi connectivity index (χ3v) is 1.55. The zero-order valence-corrected chi connectivity index (χ0v) is 6.74. The highest BCUT2D eigenvalue weighted by Gasteiger charge is 2.22. The van der Waals surface area contributed by atoms with E-state index in [4.69, 9.17) is 10.5 Å². The van der Waals surface area contributed by atoms with Gasteiger partial charge in [-0.3, -0.25) is 9.59 Å². The fourth-order valence-electron chi connectivity index (χ4n) is 0.986. The molecule has 1 rings (SSSR count). The molecule has 0 bridgehead atoms. The van der Waals surface area contributed by atoms with Crippen molar-refractivity contribution in [1.82, 2.24) is 4.90 Å². The Morgan fingerprint density at radius 1 is 1.83 bits per heavy atom. The molecule has 0 aliphatic carbocycles. The van der Waals surface area contributed by atoms with Crippen molar-refractivity contribution in [2.45, 2.75) is 0 Å². The number of hydrogen-bond donors (Lipinski definition) is 1. The number of carbonyl (C=O) groups is 2. The molecule has 0 atom stereocenters. The second-order valence-corrected chi connectivity index (χ2v) is 2.48. The Hall–Kier alpha value is -1.52. The lowest BCUT2D eigenvalue weighted by atomic mass is 10.5. The number of rotatable bonds is 3. The lowest BCUT2D eigenvalue weighted by Gasteiger charge is -2.12. The Balaban J connectivity index is 2.53. The molecule has 2 N–H and O–H groups in total. The van der Waals surface area contributed by atoms with Crippen molar-refractivity contribution in [1.29, 1.82) is 0 Å². The minimum atomic E-state index is -0.519. The molecule has 2 amide bonds. The molecule has 0 spiro atoms. The molecule has 66 valence electrons. The van der Waals surface area contributed by atoms with E-state index < -0.39 is 5.91 Å². The summed E-state index contributed by atoms with van der Waals surface area (Å²) in [5, 5.41) is 0. The lowest BCUT2D eigenvalue weighted by molar-refractivity contribution is -0.129. The molecule has 0 aromatic carbocycles. The average molecular weight is 170 g/mol. The Kier molecular flexibility index (Phi) is 2.32. The first kappa shape index (κ1) is 8.58. The largest absolute Gasteiger partial charge is 0.499 e. The van der Waals surface area contributed by atoms with Gasteiger partial charge >= 0.3 is 0 Å². The molecular weight excluding hydrogens is 160 g/mol. The first-order valence-corrected chi connectivity index (χ1v) is 3.45. The topological polar surface area (TPSA) is 72.6 Å². The van der Waals surface area contributed by atoms with Gasteiger partial charge in [0.15, 0.2) is 0 Å². The van der Waals surface area contributed by atoms with Crippen LogP contribution in [-0.4, -0.2) is 36.9 Å². The Labute approximate surface area is 69.8 Å². The van der Waals surface area contributed by atoms with Crippen LogP contribution in [0.5, 0.6) is 0 Å². The minimum absolute atomic E-state index is 0.0534. The van der Waals surface area contributed by atoms with Gasteiger partial charge in [0.25, 0.3) is 5.91 Å². The van der Waals surface area contributed by atoms with Gasteiger partial charge in [0.05, 0.1) is 13.7 Å². The van der Waals surface area contributed by atoms with Crippen molar-refractivity contribution in [3.63, 3.8) is 0 Å². The SMILES string of the molecule is COC1=CC(=O)N(CC(N)=O)C1. The molecule has 0 fully saturated rings. The molecule has 0 aromatic rings. The van der Waals surface area contributed by atoms with Crippen LogP contribution < -0.4 is 5.73 Å². The normalized spacial score (nSPS) is 16.2. The summed E-state index contributed by atoms with van der Waals surface area (Å²) in [6.07, 6.45) is 1.35. The van der Waals surface area contributed by atoms with Crippen LogP contribution in [0, 0.1) is 0 Å². The summed E-state index contributed by atoms with van der Waals surface area (Å²) in [6.45, 7) is 0.278. The highest BCUT2D eigenvalue weighted by Crippen LogP contribution is 2.09. The van der Waals surface area contributed by atoms with E-state index in [-0.39, 0.29) is 12.5 Å². The summed E-state index contributed by atoms with van der Waals surface area (Å²) in [5.74, 6) is -0.194. The summed E-state index contributed by atoms with van der Waals surface area (Å²) in [5.41, 5.74) is 4.92. The fourth-order valence-corrected chi connectivity index (χ4v) is 0.986. The zero-order valence-electron chi connectivity index (χ0n) is 6.74. The van der Waals surface area contributed by atoms with Gasteiger partial charge in [-0.05, 0) is 0 Å². The summed E-state index contributed by atoms with van der Waals surface area (Å²) in [7, 11) is 1.48. The van der Waals surface area contributed by atoms with E-state index in [2.05, 4.69) is 0 Å². The fraction of sp³-hybridized carbons (Fsp3) is 0.429. The second-order valence-electron chi connectivity index (χ2n) is 2.48. The monoisotopic (exact) mass is 170 g/mol. The number of primary amides is 1. The molecule has 5 heteroatoms. The Morgan fingerprint density at radius 3 is 2.92 bits per heavy atom. The van der Waals surface area contributed by atoms with Gasteiger partial charge in [0.1, 0.15) is 12.3 Å². The van der Waals surface area contributed by atoms with E-state index in [0.29, 0.717) is 12.3 Å². The number of methoxy groups -OCH3 is 1. The van der Waals surface area contributed by atoms with Crippen LogP contribution in [0.4, 0.5) is 0 Å². The van der Waals surface area contributed by atoms with E-state index >= 15 is 0 Å². The van der Waals surface area contributed by atoms with Crippen LogP contribution in [-0.2, 0) is 14.3 Å². The smallest absolute Gasteiger partial charge is 0.250 e. The van der Waals surface area contributed by atoms with Crippen molar-refractivity contribution in [2.24, 2.45) is 5.73 Å². The van der Waals surface area contributed by atoms with Crippen molar-refractivity contribution < 1.29 is 14.3 Å². The molecule has 1 aliphatic heterocycles. The van der Waals surface area contributed by atoms with Crippen LogP contribution in [0.2, 0.25) is 0 Å². The van der Waals surface area contributed by atoms with Gasteiger partial charge in [-0.25, -0.2) is 0 Å². The highest BCUT2D eigenvalue weighted by molar-refractivity contribution is 5.93. The molecule has 0 unspecified atom stereocenters. The van der Waals surface area contributed by atoms with Gasteiger partial charge in [-0.15, -0.1) is 0 Å². The van der Waals surface area contributed by atoms with Crippen molar-refractivity contribution in [3.8, 4) is 0 Å². The van der Waals surface area contributed by atoms with E-state index in [9.17, 15) is 9.59 Å². The molecule has 5 nitrogen and oxygen atoms in total. The third-order valence-electron chi connectivity index (χ3n) is 1.55. The highest BCUT2D eigenvalue weighted by atomic mass is 16.5. The maximum Gasteiger partial charge on any atom is 0.250 e. The quantitative estimate of drug-likeness (QED) is 0.581. The van der Waals surface area contributed by atoms with Crippen LogP contribution in [0.3, 0.4) is 0 Å². The molecule has 12 heavy (non-hydrogen) atoms. The van der Waals surface area contributed by atoms with Crippen molar-refractivity contribution >= 4 is 11.8 Å². The summed E-state index contributed by atoms with van der Waals surface area (Å²) < 4.78 is 4.84. The average Bonchev–Trinajstić information content (AvgIpc) is 2.31. The van der Waals surface area contributed by atoms with Gasteiger partial charge < -0.3 is 15.4 Å². The van der Waals surface area contributed by atoms with E-state index in [1.165, 1.54) is 18.1 Å².